The van der Waals surface area contributed by atoms with Gasteiger partial charge in [0.15, 0.2) is 0 Å². The van der Waals surface area contributed by atoms with Gasteiger partial charge in [-0.25, -0.2) is 0 Å². The smallest absolute Gasteiger partial charge is 0.237 e. The lowest BCUT2D eigenvalue weighted by molar-refractivity contribution is -0.155. The minimum absolute atomic E-state index is 0.00936. The van der Waals surface area contributed by atoms with Gasteiger partial charge >= 0.3 is 0 Å². The van der Waals surface area contributed by atoms with Gasteiger partial charge in [-0.2, -0.15) is 0 Å². The normalized spacial score (nSPS) is 27.4. The molecule has 1 rings (SSSR count). The topological polar surface area (TPSA) is 29.5 Å². The average Bonchev–Trinajstić information content (AvgIpc) is 1.99. The second kappa shape index (κ2) is 3.84. The summed E-state index contributed by atoms with van der Waals surface area (Å²) in [6, 6.07) is 0. The summed E-state index contributed by atoms with van der Waals surface area (Å²) in [6.45, 7) is 7.21. The van der Waals surface area contributed by atoms with E-state index in [0.29, 0.717) is 13.1 Å². The van der Waals surface area contributed by atoms with Crippen molar-refractivity contribution in [2.24, 2.45) is 0 Å². The molecule has 0 spiro atoms. The van der Waals surface area contributed by atoms with E-state index in [-0.39, 0.29) is 23.5 Å². The number of nitrogens with zero attached hydrogens (tertiary/aromatic N) is 1. The molecule has 13 heavy (non-hydrogen) atoms. The zero-order chi connectivity index (χ0) is 10.1. The number of ether oxygens (including phenoxy) is 1. The molecule has 0 radical (unpaired) electrons. The third-order valence-corrected chi connectivity index (χ3v) is 2.27. The van der Waals surface area contributed by atoms with E-state index in [2.05, 4.69) is 0 Å². The maximum Gasteiger partial charge on any atom is 0.237 e. The third-order valence-electron chi connectivity index (χ3n) is 2.04. The van der Waals surface area contributed by atoms with Gasteiger partial charge in [0.05, 0.1) is 11.7 Å². The predicted octanol–water partition coefficient (Wildman–Crippen LogP) is 1.25. The molecule has 0 unspecified atom stereocenters. The minimum Gasteiger partial charge on any atom is -0.369 e. The molecule has 4 heteroatoms. The monoisotopic (exact) mass is 205 g/mol. The van der Waals surface area contributed by atoms with Crippen molar-refractivity contribution < 1.29 is 9.53 Å². The molecule has 0 aromatic carbocycles. The molecule has 1 aliphatic rings. The number of carbonyl (C=O) groups is 1. The second-order valence-corrected chi connectivity index (χ2v) is 4.36. The molecule has 0 saturated carbocycles. The molecule has 1 heterocycles. The van der Waals surface area contributed by atoms with Crippen LogP contribution < -0.4 is 0 Å². The van der Waals surface area contributed by atoms with Gasteiger partial charge in [-0.15, -0.1) is 11.6 Å². The first kappa shape index (κ1) is 10.8. The van der Waals surface area contributed by atoms with E-state index in [1.165, 1.54) is 0 Å². The molecule has 76 valence electrons. The summed E-state index contributed by atoms with van der Waals surface area (Å²) in [4.78, 5) is 13.1. The fraction of sp³-hybridized carbons (Fsp3) is 0.889. The van der Waals surface area contributed by atoms with Crippen molar-refractivity contribution in [1.29, 1.82) is 0 Å². The summed E-state index contributed by atoms with van der Waals surface area (Å²) in [6.07, 6.45) is 0.0934. The zero-order valence-electron chi connectivity index (χ0n) is 8.34. The Morgan fingerprint density at radius 2 is 2.31 bits per heavy atom. The Morgan fingerprint density at radius 3 is 2.77 bits per heavy atom. The van der Waals surface area contributed by atoms with Crippen molar-refractivity contribution in [3.8, 4) is 0 Å². The molecule has 0 bridgehead atoms. The maximum atomic E-state index is 11.3. The quantitative estimate of drug-likeness (QED) is 0.603. The highest BCUT2D eigenvalue weighted by Gasteiger charge is 2.33. The fourth-order valence-electron chi connectivity index (χ4n) is 1.73. The number of carbonyl (C=O) groups excluding carboxylic acids is 1. The number of hydrogen-bond acceptors (Lipinski definition) is 2. The second-order valence-electron chi connectivity index (χ2n) is 4.10. The van der Waals surface area contributed by atoms with Crippen LogP contribution in [0.15, 0.2) is 0 Å². The van der Waals surface area contributed by atoms with Gasteiger partial charge < -0.3 is 9.64 Å². The van der Waals surface area contributed by atoms with Crippen LogP contribution in [0.1, 0.15) is 20.8 Å². The van der Waals surface area contributed by atoms with Crippen molar-refractivity contribution in [2.75, 3.05) is 19.0 Å². The van der Waals surface area contributed by atoms with E-state index in [0.717, 1.165) is 0 Å². The Kier molecular flexibility index (Phi) is 3.19. The first-order chi connectivity index (χ1) is 5.94. The predicted molar refractivity (Wildman–Crippen MR) is 51.9 cm³/mol. The molecule has 1 saturated heterocycles. The number of halogens is 1. The molecular weight excluding hydrogens is 190 g/mol. The van der Waals surface area contributed by atoms with E-state index in [9.17, 15) is 4.79 Å². The SMILES string of the molecule is C[C@@H]1CN(C(=O)CCl)CC(C)(C)O1. The summed E-state index contributed by atoms with van der Waals surface area (Å²) in [5, 5.41) is 0. The Hall–Kier alpha value is -0.280. The van der Waals surface area contributed by atoms with Gasteiger partial charge in [-0.05, 0) is 20.8 Å². The van der Waals surface area contributed by atoms with Crippen LogP contribution in [0, 0.1) is 0 Å². The number of amides is 1. The number of hydrogen-bond donors (Lipinski definition) is 0. The van der Waals surface area contributed by atoms with Crippen LogP contribution in [-0.4, -0.2) is 41.5 Å². The van der Waals surface area contributed by atoms with E-state index >= 15 is 0 Å². The van der Waals surface area contributed by atoms with E-state index in [1.54, 1.807) is 4.90 Å². The summed E-state index contributed by atoms with van der Waals surface area (Å²) in [7, 11) is 0. The van der Waals surface area contributed by atoms with Gasteiger partial charge in [0, 0.05) is 13.1 Å². The Labute approximate surface area is 84.0 Å². The standard InChI is InChI=1S/C9H16ClNO2/c1-7-5-11(8(12)4-10)6-9(2,3)13-7/h7H,4-6H2,1-3H3/t7-/m1/s1. The van der Waals surface area contributed by atoms with Crippen molar-refractivity contribution in [3.63, 3.8) is 0 Å². The molecule has 0 N–H and O–H groups in total. The lowest BCUT2D eigenvalue weighted by Gasteiger charge is -2.41. The number of morpholine rings is 1. The van der Waals surface area contributed by atoms with Crippen molar-refractivity contribution in [1.82, 2.24) is 4.90 Å². The van der Waals surface area contributed by atoms with Gasteiger partial charge in [0.25, 0.3) is 0 Å². The fourth-order valence-corrected chi connectivity index (χ4v) is 1.90. The summed E-state index contributed by atoms with van der Waals surface area (Å²) < 4.78 is 5.66. The molecule has 1 atom stereocenters. The minimum atomic E-state index is -0.251. The first-order valence-electron chi connectivity index (χ1n) is 4.46. The van der Waals surface area contributed by atoms with Crippen LogP contribution in [0.2, 0.25) is 0 Å². The van der Waals surface area contributed by atoms with Gasteiger partial charge in [0.2, 0.25) is 5.91 Å². The molecular formula is C9H16ClNO2. The van der Waals surface area contributed by atoms with Crippen LogP contribution >= 0.6 is 11.6 Å². The van der Waals surface area contributed by atoms with Crippen molar-refractivity contribution in [3.05, 3.63) is 0 Å². The highest BCUT2D eigenvalue weighted by Crippen LogP contribution is 2.20. The molecule has 0 aliphatic carbocycles. The molecule has 1 fully saturated rings. The maximum absolute atomic E-state index is 11.3. The van der Waals surface area contributed by atoms with Crippen LogP contribution in [0.3, 0.4) is 0 Å². The van der Waals surface area contributed by atoms with Crippen LogP contribution in [0.4, 0.5) is 0 Å². The van der Waals surface area contributed by atoms with E-state index < -0.39 is 0 Å². The van der Waals surface area contributed by atoms with Crippen LogP contribution in [-0.2, 0) is 9.53 Å². The lowest BCUT2D eigenvalue weighted by atomic mass is 10.1. The van der Waals surface area contributed by atoms with Gasteiger partial charge in [-0.3, -0.25) is 4.79 Å². The summed E-state index contributed by atoms with van der Waals surface area (Å²) in [5.41, 5.74) is -0.251. The molecule has 3 nitrogen and oxygen atoms in total. The van der Waals surface area contributed by atoms with Crippen LogP contribution in [0.25, 0.3) is 0 Å². The van der Waals surface area contributed by atoms with Gasteiger partial charge in [-0.1, -0.05) is 0 Å². The first-order valence-corrected chi connectivity index (χ1v) is 4.99. The largest absolute Gasteiger partial charge is 0.369 e. The molecule has 0 aromatic rings. The highest BCUT2D eigenvalue weighted by atomic mass is 35.5. The van der Waals surface area contributed by atoms with E-state index in [1.807, 2.05) is 20.8 Å². The van der Waals surface area contributed by atoms with Crippen molar-refractivity contribution >= 4 is 17.5 Å². The highest BCUT2D eigenvalue weighted by molar-refractivity contribution is 6.27. The van der Waals surface area contributed by atoms with Gasteiger partial charge in [0.1, 0.15) is 5.88 Å². The third kappa shape index (κ3) is 2.85. The Balaban J connectivity index is 2.62. The molecule has 1 amide bonds. The number of rotatable bonds is 1. The van der Waals surface area contributed by atoms with Crippen molar-refractivity contribution in [2.45, 2.75) is 32.5 Å². The summed E-state index contributed by atoms with van der Waals surface area (Å²) >= 11 is 5.49. The van der Waals surface area contributed by atoms with Crippen LogP contribution in [0.5, 0.6) is 0 Å². The Bertz CT molecular complexity index is 206. The lowest BCUT2D eigenvalue weighted by Crippen LogP contribution is -2.54. The van der Waals surface area contributed by atoms with E-state index in [4.69, 9.17) is 16.3 Å². The molecule has 0 aromatic heterocycles. The summed E-state index contributed by atoms with van der Waals surface area (Å²) in [5.74, 6) is 0.0490. The zero-order valence-corrected chi connectivity index (χ0v) is 9.10. The molecule has 1 aliphatic heterocycles. The average molecular weight is 206 g/mol. The Morgan fingerprint density at radius 1 is 1.69 bits per heavy atom. The number of alkyl halides is 1.